The van der Waals surface area contributed by atoms with Gasteiger partial charge in [0.2, 0.25) is 11.8 Å². The van der Waals surface area contributed by atoms with Gasteiger partial charge in [0.05, 0.1) is 6.54 Å². The molecule has 2 atom stereocenters. The molecule has 1 aromatic rings. The van der Waals surface area contributed by atoms with Gasteiger partial charge >= 0.3 is 0 Å². The highest BCUT2D eigenvalue weighted by atomic mass is 16.2. The fourth-order valence-electron chi connectivity index (χ4n) is 4.73. The van der Waals surface area contributed by atoms with Crippen LogP contribution in [0.15, 0.2) is 0 Å². The number of carbonyl (C=O) groups is 2. The summed E-state index contributed by atoms with van der Waals surface area (Å²) in [7, 11) is 0. The van der Waals surface area contributed by atoms with E-state index >= 15 is 0 Å². The third-order valence-electron chi connectivity index (χ3n) is 6.47. The van der Waals surface area contributed by atoms with E-state index in [0.717, 1.165) is 44.2 Å². The van der Waals surface area contributed by atoms with Crippen molar-refractivity contribution in [1.29, 1.82) is 0 Å². The minimum atomic E-state index is 0.0652. The number of nitrogens with zero attached hydrogens (tertiary/aromatic N) is 6. The molecular formula is C19H31N7O2. The van der Waals surface area contributed by atoms with Gasteiger partial charge in [-0.15, -0.1) is 5.10 Å². The molecule has 0 radical (unpaired) electrons. The summed E-state index contributed by atoms with van der Waals surface area (Å²) in [4.78, 5) is 28.9. The summed E-state index contributed by atoms with van der Waals surface area (Å²) in [5.41, 5.74) is 0. The van der Waals surface area contributed by atoms with E-state index in [2.05, 4.69) is 32.7 Å². The zero-order valence-electron chi connectivity index (χ0n) is 16.7. The molecule has 3 fully saturated rings. The molecule has 0 aliphatic carbocycles. The van der Waals surface area contributed by atoms with Gasteiger partial charge in [-0.3, -0.25) is 14.5 Å². The zero-order chi connectivity index (χ0) is 19.5. The number of aryl methyl sites for hydroxylation is 1. The molecule has 28 heavy (non-hydrogen) atoms. The van der Waals surface area contributed by atoms with E-state index in [0.29, 0.717) is 32.4 Å². The van der Waals surface area contributed by atoms with Crippen molar-refractivity contribution in [2.75, 3.05) is 19.6 Å². The Hall–Kier alpha value is -2.03. The van der Waals surface area contributed by atoms with Crippen molar-refractivity contribution in [3.05, 3.63) is 5.82 Å². The second-order valence-electron chi connectivity index (χ2n) is 8.57. The zero-order valence-corrected chi connectivity index (χ0v) is 16.7. The number of aromatic nitrogens is 4. The van der Waals surface area contributed by atoms with Crippen LogP contribution in [0.2, 0.25) is 0 Å². The van der Waals surface area contributed by atoms with Gasteiger partial charge in [-0.05, 0) is 61.5 Å². The molecule has 2 bridgehead atoms. The summed E-state index contributed by atoms with van der Waals surface area (Å²) in [5, 5.41) is 15.1. The molecule has 0 aromatic carbocycles. The lowest BCUT2D eigenvalue weighted by atomic mass is 9.99. The third-order valence-corrected chi connectivity index (χ3v) is 6.47. The minimum absolute atomic E-state index is 0.0652. The second-order valence-corrected chi connectivity index (χ2v) is 8.57. The summed E-state index contributed by atoms with van der Waals surface area (Å²) >= 11 is 0. The van der Waals surface area contributed by atoms with Crippen LogP contribution in [0.5, 0.6) is 0 Å². The van der Waals surface area contributed by atoms with Crippen LogP contribution < -0.4 is 5.32 Å². The lowest BCUT2D eigenvalue weighted by molar-refractivity contribution is -0.134. The van der Waals surface area contributed by atoms with Crippen LogP contribution in [0, 0.1) is 5.92 Å². The van der Waals surface area contributed by atoms with Gasteiger partial charge in [0.25, 0.3) is 0 Å². The van der Waals surface area contributed by atoms with E-state index in [4.69, 9.17) is 0 Å². The van der Waals surface area contributed by atoms with Gasteiger partial charge in [-0.1, -0.05) is 6.92 Å². The lowest BCUT2D eigenvalue weighted by Gasteiger charge is -2.29. The Morgan fingerprint density at radius 1 is 1.18 bits per heavy atom. The molecule has 9 heteroatoms. The maximum atomic E-state index is 12.8. The van der Waals surface area contributed by atoms with E-state index < -0.39 is 0 Å². The first kappa shape index (κ1) is 19.3. The Balaban J connectivity index is 1.27. The topological polar surface area (TPSA) is 96.2 Å². The van der Waals surface area contributed by atoms with Crippen molar-refractivity contribution >= 4 is 11.8 Å². The molecule has 3 aliphatic rings. The average molecular weight is 390 g/mol. The SMILES string of the molecule is CC1CCN(Cc2nnnn2CCCC(=O)N2[C@@H]3CC[C@H]2CC(=O)NC3)CC1. The normalized spacial score (nSPS) is 26.3. The summed E-state index contributed by atoms with van der Waals surface area (Å²) in [6.07, 6.45) is 6.01. The molecule has 0 saturated carbocycles. The van der Waals surface area contributed by atoms with Crippen molar-refractivity contribution in [3.8, 4) is 0 Å². The number of hydrogen-bond acceptors (Lipinski definition) is 6. The first-order valence-corrected chi connectivity index (χ1v) is 10.7. The first-order chi connectivity index (χ1) is 13.6. The number of fused-ring (bicyclic) bond motifs is 2. The highest BCUT2D eigenvalue weighted by Gasteiger charge is 2.39. The highest BCUT2D eigenvalue weighted by Crippen LogP contribution is 2.29. The summed E-state index contributed by atoms with van der Waals surface area (Å²) in [5.74, 6) is 1.91. The maximum Gasteiger partial charge on any atom is 0.223 e. The van der Waals surface area contributed by atoms with Crippen LogP contribution in [-0.2, 0) is 22.7 Å². The van der Waals surface area contributed by atoms with Crippen molar-refractivity contribution in [3.63, 3.8) is 0 Å². The largest absolute Gasteiger partial charge is 0.354 e. The predicted molar refractivity (Wildman–Crippen MR) is 102 cm³/mol. The van der Waals surface area contributed by atoms with Crippen molar-refractivity contribution in [2.24, 2.45) is 5.92 Å². The van der Waals surface area contributed by atoms with Gasteiger partial charge in [-0.2, -0.15) is 0 Å². The fourth-order valence-corrected chi connectivity index (χ4v) is 4.73. The molecule has 3 aliphatic heterocycles. The Labute approximate surface area is 165 Å². The molecule has 4 rings (SSSR count). The van der Waals surface area contributed by atoms with Gasteiger partial charge in [0.1, 0.15) is 0 Å². The number of amides is 2. The molecule has 2 amide bonds. The quantitative estimate of drug-likeness (QED) is 0.764. The van der Waals surface area contributed by atoms with Gasteiger partial charge < -0.3 is 10.2 Å². The van der Waals surface area contributed by atoms with Gasteiger partial charge in [-0.25, -0.2) is 4.68 Å². The monoisotopic (exact) mass is 389 g/mol. The van der Waals surface area contributed by atoms with Crippen molar-refractivity contribution < 1.29 is 9.59 Å². The standard InChI is InChI=1S/C19H31N7O2/c1-14-6-9-24(10-7-14)13-17-21-22-23-25(17)8-2-3-19(28)26-15-4-5-16(26)12-20-18(27)11-15/h14-16H,2-13H2,1H3,(H,20,27)/t15-,16+/m0/s1. The molecular weight excluding hydrogens is 358 g/mol. The highest BCUT2D eigenvalue weighted by molar-refractivity contribution is 5.81. The number of piperidine rings is 1. The van der Waals surface area contributed by atoms with Gasteiger partial charge in [0.15, 0.2) is 5.82 Å². The number of likely N-dealkylation sites (tertiary alicyclic amines) is 1. The van der Waals surface area contributed by atoms with Crippen LogP contribution in [0.25, 0.3) is 0 Å². The number of carbonyl (C=O) groups excluding carboxylic acids is 2. The van der Waals surface area contributed by atoms with E-state index in [1.807, 2.05) is 9.58 Å². The van der Waals surface area contributed by atoms with Crippen molar-refractivity contribution in [2.45, 2.75) is 77.0 Å². The maximum absolute atomic E-state index is 12.8. The Morgan fingerprint density at radius 3 is 2.79 bits per heavy atom. The summed E-state index contributed by atoms with van der Waals surface area (Å²) < 4.78 is 1.84. The molecule has 9 nitrogen and oxygen atoms in total. The molecule has 0 unspecified atom stereocenters. The van der Waals surface area contributed by atoms with Gasteiger partial charge in [0, 0.05) is 38.0 Å². The number of hydrogen-bond donors (Lipinski definition) is 1. The fraction of sp³-hybridized carbons (Fsp3) is 0.842. The molecule has 4 heterocycles. The van der Waals surface area contributed by atoms with Crippen LogP contribution in [-0.4, -0.2) is 73.5 Å². The molecule has 1 N–H and O–H groups in total. The Bertz CT molecular complexity index is 698. The van der Waals surface area contributed by atoms with E-state index in [-0.39, 0.29) is 23.9 Å². The Morgan fingerprint density at radius 2 is 1.96 bits per heavy atom. The van der Waals surface area contributed by atoms with E-state index in [1.54, 1.807) is 0 Å². The lowest BCUT2D eigenvalue weighted by Crippen LogP contribution is -2.42. The second kappa shape index (κ2) is 8.55. The predicted octanol–water partition coefficient (Wildman–Crippen LogP) is 0.565. The smallest absolute Gasteiger partial charge is 0.223 e. The molecule has 0 spiro atoms. The van der Waals surface area contributed by atoms with Crippen LogP contribution in [0.3, 0.4) is 0 Å². The third kappa shape index (κ3) is 4.34. The molecule has 1 aromatic heterocycles. The minimum Gasteiger partial charge on any atom is -0.354 e. The average Bonchev–Trinajstić information content (AvgIpc) is 3.23. The van der Waals surface area contributed by atoms with Crippen LogP contribution in [0.1, 0.15) is 57.7 Å². The van der Waals surface area contributed by atoms with Crippen molar-refractivity contribution in [1.82, 2.24) is 35.3 Å². The first-order valence-electron chi connectivity index (χ1n) is 10.7. The van der Waals surface area contributed by atoms with E-state index in [9.17, 15) is 9.59 Å². The molecule has 3 saturated heterocycles. The van der Waals surface area contributed by atoms with E-state index in [1.165, 1.54) is 12.8 Å². The Kier molecular flexibility index (Phi) is 5.89. The number of rotatable bonds is 6. The number of tetrazole rings is 1. The number of nitrogens with one attached hydrogen (secondary N) is 1. The summed E-state index contributed by atoms with van der Waals surface area (Å²) in [6, 6.07) is 0.235. The summed E-state index contributed by atoms with van der Waals surface area (Å²) in [6.45, 7) is 6.51. The molecule has 154 valence electrons. The van der Waals surface area contributed by atoms with Crippen LogP contribution in [0.4, 0.5) is 0 Å². The van der Waals surface area contributed by atoms with Crippen LogP contribution >= 0.6 is 0 Å².